The highest BCUT2D eigenvalue weighted by atomic mass is 19.1. The van der Waals surface area contributed by atoms with Crippen LogP contribution in [0.25, 0.3) is 6.08 Å². The van der Waals surface area contributed by atoms with Crippen molar-refractivity contribution in [2.24, 2.45) is 0 Å². The van der Waals surface area contributed by atoms with Crippen LogP contribution >= 0.6 is 0 Å². The Kier molecular flexibility index (Phi) is 4.99. The predicted molar refractivity (Wildman–Crippen MR) is 65.1 cm³/mol. The highest BCUT2D eigenvalue weighted by Crippen LogP contribution is 2.18. The molecule has 0 saturated carbocycles. The quantitative estimate of drug-likeness (QED) is 0.828. The van der Waals surface area contributed by atoms with Gasteiger partial charge in [0.2, 0.25) is 0 Å². The molecular formula is C13H18FNO. The number of hydrogen-bond acceptors (Lipinski definition) is 2. The molecule has 3 heteroatoms. The molecule has 0 spiro atoms. The van der Waals surface area contributed by atoms with Crippen molar-refractivity contribution in [1.82, 2.24) is 5.32 Å². The summed E-state index contributed by atoms with van der Waals surface area (Å²) >= 11 is 0. The van der Waals surface area contributed by atoms with Crippen molar-refractivity contribution in [3.05, 3.63) is 35.7 Å². The fourth-order valence-corrected chi connectivity index (χ4v) is 1.29. The molecule has 0 unspecified atom stereocenters. The van der Waals surface area contributed by atoms with Gasteiger partial charge in [-0.2, -0.15) is 0 Å². The van der Waals surface area contributed by atoms with E-state index in [4.69, 9.17) is 4.74 Å². The summed E-state index contributed by atoms with van der Waals surface area (Å²) in [4.78, 5) is 0. The Labute approximate surface area is 96.1 Å². The van der Waals surface area contributed by atoms with Crippen LogP contribution in [0.1, 0.15) is 19.4 Å². The smallest absolute Gasteiger partial charge is 0.165 e. The van der Waals surface area contributed by atoms with E-state index < -0.39 is 0 Å². The molecule has 0 saturated heterocycles. The molecule has 0 fully saturated rings. The number of ether oxygens (including phenoxy) is 1. The van der Waals surface area contributed by atoms with Gasteiger partial charge in [0, 0.05) is 12.6 Å². The second kappa shape index (κ2) is 6.28. The van der Waals surface area contributed by atoms with E-state index in [0.717, 1.165) is 12.1 Å². The van der Waals surface area contributed by atoms with E-state index in [0.29, 0.717) is 6.04 Å². The molecule has 0 aliphatic heterocycles. The Hall–Kier alpha value is -1.35. The maximum atomic E-state index is 13.3. The zero-order valence-electron chi connectivity index (χ0n) is 9.96. The number of nitrogens with one attached hydrogen (secondary N) is 1. The lowest BCUT2D eigenvalue weighted by Crippen LogP contribution is -2.22. The first-order valence-electron chi connectivity index (χ1n) is 5.37. The topological polar surface area (TPSA) is 21.3 Å². The summed E-state index contributed by atoms with van der Waals surface area (Å²) in [6.07, 6.45) is 3.86. The first-order chi connectivity index (χ1) is 7.63. The van der Waals surface area contributed by atoms with Crippen molar-refractivity contribution in [2.75, 3.05) is 13.7 Å². The van der Waals surface area contributed by atoms with Gasteiger partial charge in [0.25, 0.3) is 0 Å². The zero-order chi connectivity index (χ0) is 12.0. The highest BCUT2D eigenvalue weighted by molar-refractivity contribution is 5.51. The molecule has 0 amide bonds. The molecule has 0 aliphatic rings. The van der Waals surface area contributed by atoms with E-state index in [1.54, 1.807) is 6.07 Å². The van der Waals surface area contributed by atoms with Gasteiger partial charge in [0.05, 0.1) is 7.11 Å². The summed E-state index contributed by atoms with van der Waals surface area (Å²) in [5.41, 5.74) is 0.837. The van der Waals surface area contributed by atoms with E-state index >= 15 is 0 Å². The lowest BCUT2D eigenvalue weighted by atomic mass is 10.2. The van der Waals surface area contributed by atoms with Gasteiger partial charge in [0.1, 0.15) is 0 Å². The van der Waals surface area contributed by atoms with Gasteiger partial charge in [0.15, 0.2) is 11.6 Å². The average molecular weight is 223 g/mol. The zero-order valence-corrected chi connectivity index (χ0v) is 9.96. The van der Waals surface area contributed by atoms with Crippen molar-refractivity contribution in [3.8, 4) is 5.75 Å². The van der Waals surface area contributed by atoms with Crippen molar-refractivity contribution in [3.63, 3.8) is 0 Å². The Morgan fingerprint density at radius 1 is 1.44 bits per heavy atom. The minimum absolute atomic E-state index is 0.275. The summed E-state index contributed by atoms with van der Waals surface area (Å²) < 4.78 is 18.2. The number of rotatable bonds is 5. The number of halogens is 1. The van der Waals surface area contributed by atoms with E-state index in [9.17, 15) is 4.39 Å². The van der Waals surface area contributed by atoms with Gasteiger partial charge < -0.3 is 10.1 Å². The number of benzene rings is 1. The molecule has 2 nitrogen and oxygen atoms in total. The molecule has 16 heavy (non-hydrogen) atoms. The van der Waals surface area contributed by atoms with Crippen LogP contribution in [-0.4, -0.2) is 19.7 Å². The molecule has 0 bridgehead atoms. The molecule has 0 aromatic heterocycles. The molecule has 0 radical (unpaired) electrons. The molecule has 1 N–H and O–H groups in total. The fourth-order valence-electron chi connectivity index (χ4n) is 1.29. The predicted octanol–water partition coefficient (Wildman–Crippen LogP) is 2.85. The second-order valence-electron chi connectivity index (χ2n) is 3.86. The first kappa shape index (κ1) is 12.7. The largest absolute Gasteiger partial charge is 0.494 e. The lowest BCUT2D eigenvalue weighted by Gasteiger charge is -2.04. The third kappa shape index (κ3) is 4.03. The molecule has 0 aliphatic carbocycles. The lowest BCUT2D eigenvalue weighted by molar-refractivity contribution is 0.386. The van der Waals surface area contributed by atoms with Gasteiger partial charge in [-0.15, -0.1) is 0 Å². The van der Waals surface area contributed by atoms with Crippen molar-refractivity contribution in [2.45, 2.75) is 19.9 Å². The molecule has 0 heterocycles. The third-order valence-corrected chi connectivity index (χ3v) is 2.13. The maximum Gasteiger partial charge on any atom is 0.165 e. The molecule has 88 valence electrons. The minimum atomic E-state index is -0.332. The molecule has 1 aromatic rings. The second-order valence-corrected chi connectivity index (χ2v) is 3.86. The van der Waals surface area contributed by atoms with Crippen molar-refractivity contribution < 1.29 is 9.13 Å². The van der Waals surface area contributed by atoms with Crippen LogP contribution in [0.2, 0.25) is 0 Å². The van der Waals surface area contributed by atoms with Gasteiger partial charge in [-0.1, -0.05) is 32.1 Å². The Morgan fingerprint density at radius 3 is 2.75 bits per heavy atom. The van der Waals surface area contributed by atoms with E-state index in [-0.39, 0.29) is 11.6 Å². The van der Waals surface area contributed by atoms with E-state index in [1.165, 1.54) is 13.2 Å². The van der Waals surface area contributed by atoms with Gasteiger partial charge in [-0.05, 0) is 17.7 Å². The maximum absolute atomic E-state index is 13.3. The minimum Gasteiger partial charge on any atom is -0.494 e. The van der Waals surface area contributed by atoms with Crippen LogP contribution in [0.4, 0.5) is 4.39 Å². The Morgan fingerprint density at radius 2 is 2.19 bits per heavy atom. The average Bonchev–Trinajstić information content (AvgIpc) is 2.24. The normalized spacial score (nSPS) is 11.3. The number of methoxy groups -OCH3 is 1. The van der Waals surface area contributed by atoms with Crippen LogP contribution in [0.5, 0.6) is 5.75 Å². The molecular weight excluding hydrogens is 205 g/mol. The summed E-state index contributed by atoms with van der Waals surface area (Å²) in [6.45, 7) is 4.95. The van der Waals surface area contributed by atoms with Gasteiger partial charge >= 0.3 is 0 Å². The van der Waals surface area contributed by atoms with Crippen LogP contribution in [0.3, 0.4) is 0 Å². The SMILES string of the molecule is COc1ccc(C=CCNC(C)C)cc1F. The summed E-state index contributed by atoms with van der Waals surface area (Å²) in [5.74, 6) is -0.0566. The van der Waals surface area contributed by atoms with Crippen molar-refractivity contribution >= 4 is 6.08 Å². The van der Waals surface area contributed by atoms with Crippen LogP contribution in [0, 0.1) is 5.82 Å². The number of hydrogen-bond donors (Lipinski definition) is 1. The van der Waals surface area contributed by atoms with Crippen LogP contribution in [-0.2, 0) is 0 Å². The molecule has 0 atom stereocenters. The van der Waals surface area contributed by atoms with E-state index in [2.05, 4.69) is 19.2 Å². The summed E-state index contributed by atoms with van der Waals surface area (Å²) in [6, 6.07) is 5.38. The van der Waals surface area contributed by atoms with Gasteiger partial charge in [-0.3, -0.25) is 0 Å². The first-order valence-corrected chi connectivity index (χ1v) is 5.37. The van der Waals surface area contributed by atoms with Crippen LogP contribution in [0.15, 0.2) is 24.3 Å². The van der Waals surface area contributed by atoms with Crippen molar-refractivity contribution in [1.29, 1.82) is 0 Å². The highest BCUT2D eigenvalue weighted by Gasteiger charge is 2.00. The Bertz CT molecular complexity index is 361. The van der Waals surface area contributed by atoms with Gasteiger partial charge in [-0.25, -0.2) is 4.39 Å². The van der Waals surface area contributed by atoms with E-state index in [1.807, 2.05) is 18.2 Å². The Balaban J connectivity index is 2.57. The summed E-state index contributed by atoms with van der Waals surface area (Å²) in [7, 11) is 1.46. The fraction of sp³-hybridized carbons (Fsp3) is 0.385. The molecule has 1 aromatic carbocycles. The standard InChI is InChI=1S/C13H18FNO/c1-10(2)15-8-4-5-11-6-7-13(16-3)12(14)9-11/h4-7,9-10,15H,8H2,1-3H3. The van der Waals surface area contributed by atoms with Crippen LogP contribution < -0.4 is 10.1 Å². The summed E-state index contributed by atoms with van der Waals surface area (Å²) in [5, 5.41) is 3.25. The monoisotopic (exact) mass is 223 g/mol. The third-order valence-electron chi connectivity index (χ3n) is 2.13. The molecule has 1 rings (SSSR count).